The second-order valence-corrected chi connectivity index (χ2v) is 7.55. The zero-order valence-corrected chi connectivity index (χ0v) is 16.8. The Kier molecular flexibility index (Phi) is 5.53. The smallest absolute Gasteiger partial charge is 0.255 e. The van der Waals surface area contributed by atoms with Crippen LogP contribution < -0.4 is 10.1 Å². The summed E-state index contributed by atoms with van der Waals surface area (Å²) in [4.78, 5) is 17.1. The number of halogens is 1. The fraction of sp³-hybridized carbons (Fsp3) is 0.348. The molecule has 0 aliphatic carbocycles. The summed E-state index contributed by atoms with van der Waals surface area (Å²) in [6.07, 6.45) is 10.5. The van der Waals surface area contributed by atoms with Crippen molar-refractivity contribution in [2.24, 2.45) is 5.92 Å². The van der Waals surface area contributed by atoms with Gasteiger partial charge in [-0.1, -0.05) is 19.1 Å². The summed E-state index contributed by atoms with van der Waals surface area (Å²) in [5.74, 6) is -0.254. The third-order valence-corrected chi connectivity index (χ3v) is 5.66. The molecule has 0 spiro atoms. The molecule has 29 heavy (non-hydrogen) atoms. The van der Waals surface area contributed by atoms with Gasteiger partial charge in [-0.15, -0.1) is 0 Å². The number of ether oxygens (including phenoxy) is 1. The van der Waals surface area contributed by atoms with Crippen molar-refractivity contribution in [3.8, 4) is 5.75 Å². The van der Waals surface area contributed by atoms with Crippen LogP contribution in [0.25, 0.3) is 5.57 Å². The van der Waals surface area contributed by atoms with Crippen LogP contribution in [0.15, 0.2) is 60.1 Å². The number of hydrogen-bond donors (Lipinski definition) is 1. The van der Waals surface area contributed by atoms with Gasteiger partial charge in [-0.05, 0) is 47.8 Å². The van der Waals surface area contributed by atoms with Crippen LogP contribution in [0.4, 0.5) is 4.39 Å². The Morgan fingerprint density at radius 2 is 1.93 bits per heavy atom. The molecule has 3 aliphatic rings. The second kappa shape index (κ2) is 8.25. The second-order valence-electron chi connectivity index (χ2n) is 7.55. The molecule has 1 atom stereocenters. The summed E-state index contributed by atoms with van der Waals surface area (Å²) < 4.78 is 19.3. The molecule has 5 nitrogen and oxygen atoms in total. The molecule has 152 valence electrons. The minimum absolute atomic E-state index is 0.0911. The van der Waals surface area contributed by atoms with Crippen molar-refractivity contribution >= 4 is 11.5 Å². The van der Waals surface area contributed by atoms with Crippen LogP contribution >= 0.6 is 0 Å². The number of nitrogens with one attached hydrogen (secondary N) is 1. The Morgan fingerprint density at radius 3 is 2.66 bits per heavy atom. The number of carbonyl (C=O) groups excluding carboxylic acids is 1. The molecule has 0 aromatic heterocycles. The number of hydrogen-bond acceptors (Lipinski definition) is 4. The third kappa shape index (κ3) is 3.98. The Balaban J connectivity index is 1.65. The van der Waals surface area contributed by atoms with Crippen molar-refractivity contribution in [3.63, 3.8) is 0 Å². The van der Waals surface area contributed by atoms with Crippen LogP contribution in [0.5, 0.6) is 5.75 Å². The standard InChI is InChI=1S/C23H26FN3O2/c1-16-3-5-18-6-7-19(26-11-9-25-10-12-26)15-27(18)23(28)14-20(16)17-4-8-22(29-2)21(24)13-17/h4-8,13-16,25H,3,9-12H2,1-2H3. The SMILES string of the molecule is COc1ccc(C2=CC(=O)N3C=C(N4CCNCC4)C=CC3=CCC2C)cc1F. The van der Waals surface area contributed by atoms with E-state index in [1.54, 1.807) is 17.0 Å². The Bertz CT molecular complexity index is 926. The summed E-state index contributed by atoms with van der Waals surface area (Å²) in [5, 5.41) is 3.34. The fourth-order valence-corrected chi connectivity index (χ4v) is 3.95. The average molecular weight is 395 g/mol. The summed E-state index contributed by atoms with van der Waals surface area (Å²) in [7, 11) is 1.44. The van der Waals surface area contributed by atoms with Gasteiger partial charge >= 0.3 is 0 Å². The highest BCUT2D eigenvalue weighted by atomic mass is 19.1. The first kappa shape index (κ1) is 19.5. The van der Waals surface area contributed by atoms with E-state index in [4.69, 9.17) is 4.74 Å². The van der Waals surface area contributed by atoms with Crippen molar-refractivity contribution in [1.82, 2.24) is 15.1 Å². The summed E-state index contributed by atoms with van der Waals surface area (Å²) in [6.45, 7) is 5.77. The highest BCUT2D eigenvalue weighted by Gasteiger charge is 2.24. The largest absolute Gasteiger partial charge is 0.494 e. The quantitative estimate of drug-likeness (QED) is 0.853. The lowest BCUT2D eigenvalue weighted by atomic mass is 9.89. The molecule has 1 unspecified atom stereocenters. The van der Waals surface area contributed by atoms with Gasteiger partial charge in [0.05, 0.1) is 12.8 Å². The highest BCUT2D eigenvalue weighted by molar-refractivity contribution is 5.98. The van der Waals surface area contributed by atoms with E-state index >= 15 is 0 Å². The van der Waals surface area contributed by atoms with E-state index in [0.717, 1.165) is 49.6 Å². The number of allylic oxidation sites excluding steroid dienone is 4. The minimum Gasteiger partial charge on any atom is -0.494 e. The molecule has 0 bridgehead atoms. The molecule has 0 saturated carbocycles. The lowest BCUT2D eigenvalue weighted by Crippen LogP contribution is -2.43. The van der Waals surface area contributed by atoms with Gasteiger partial charge in [-0.3, -0.25) is 9.69 Å². The minimum atomic E-state index is -0.425. The molecule has 0 radical (unpaired) electrons. The first-order chi connectivity index (χ1) is 14.1. The lowest BCUT2D eigenvalue weighted by Gasteiger charge is -2.34. The number of piperazine rings is 1. The maximum atomic E-state index is 14.2. The Hall–Kier alpha value is -2.86. The average Bonchev–Trinajstić information content (AvgIpc) is 2.75. The van der Waals surface area contributed by atoms with E-state index in [0.29, 0.717) is 5.56 Å². The number of nitrogens with zero attached hydrogens (tertiary/aromatic N) is 2. The van der Waals surface area contributed by atoms with Gasteiger partial charge in [0.2, 0.25) is 0 Å². The van der Waals surface area contributed by atoms with Gasteiger partial charge in [0.15, 0.2) is 11.6 Å². The summed E-state index contributed by atoms with van der Waals surface area (Å²) in [6, 6.07) is 4.86. The van der Waals surface area contributed by atoms with Gasteiger partial charge in [0.1, 0.15) is 0 Å². The number of carbonyl (C=O) groups is 1. The van der Waals surface area contributed by atoms with E-state index in [1.165, 1.54) is 13.2 Å². The van der Waals surface area contributed by atoms with Crippen molar-refractivity contribution in [2.45, 2.75) is 13.3 Å². The number of benzene rings is 1. The molecule has 3 heterocycles. The number of methoxy groups -OCH3 is 1. The van der Waals surface area contributed by atoms with Crippen LogP contribution in [0, 0.1) is 11.7 Å². The zero-order valence-electron chi connectivity index (χ0n) is 16.8. The number of amides is 1. The van der Waals surface area contributed by atoms with Gasteiger partial charge in [0, 0.05) is 44.2 Å². The van der Waals surface area contributed by atoms with Crippen LogP contribution in [0.1, 0.15) is 18.9 Å². The summed E-state index contributed by atoms with van der Waals surface area (Å²) >= 11 is 0. The molecular weight excluding hydrogens is 369 g/mol. The van der Waals surface area contributed by atoms with Crippen LogP contribution in [-0.2, 0) is 4.79 Å². The topological polar surface area (TPSA) is 44.8 Å². The Labute approximate surface area is 170 Å². The monoisotopic (exact) mass is 395 g/mol. The molecule has 1 aromatic carbocycles. The van der Waals surface area contributed by atoms with E-state index in [1.807, 2.05) is 18.3 Å². The Morgan fingerprint density at radius 1 is 1.17 bits per heavy atom. The van der Waals surface area contributed by atoms with E-state index in [2.05, 4.69) is 29.3 Å². The molecule has 1 saturated heterocycles. The van der Waals surface area contributed by atoms with Crippen molar-refractivity contribution < 1.29 is 13.9 Å². The van der Waals surface area contributed by atoms with Crippen LogP contribution in [0.3, 0.4) is 0 Å². The molecule has 3 aliphatic heterocycles. The molecular formula is C23H26FN3O2. The van der Waals surface area contributed by atoms with E-state index in [9.17, 15) is 9.18 Å². The molecule has 1 N–H and O–H groups in total. The molecule has 4 rings (SSSR count). The van der Waals surface area contributed by atoms with Gasteiger partial charge < -0.3 is 15.0 Å². The predicted octanol–water partition coefficient (Wildman–Crippen LogP) is 3.29. The lowest BCUT2D eigenvalue weighted by molar-refractivity contribution is -0.122. The van der Waals surface area contributed by atoms with E-state index < -0.39 is 5.82 Å². The highest BCUT2D eigenvalue weighted by Crippen LogP contribution is 2.33. The predicted molar refractivity (Wildman–Crippen MR) is 111 cm³/mol. The normalized spacial score (nSPS) is 22.2. The van der Waals surface area contributed by atoms with Gasteiger partial charge in [-0.2, -0.15) is 0 Å². The van der Waals surface area contributed by atoms with E-state index in [-0.39, 0.29) is 17.6 Å². The number of fused-ring (bicyclic) bond motifs is 1. The number of rotatable bonds is 3. The van der Waals surface area contributed by atoms with Gasteiger partial charge in [0.25, 0.3) is 5.91 Å². The first-order valence-corrected chi connectivity index (χ1v) is 10.0. The molecule has 1 amide bonds. The van der Waals surface area contributed by atoms with Gasteiger partial charge in [-0.25, -0.2) is 4.39 Å². The fourth-order valence-electron chi connectivity index (χ4n) is 3.95. The molecule has 6 heteroatoms. The van der Waals surface area contributed by atoms with Crippen LogP contribution in [-0.4, -0.2) is 49.0 Å². The first-order valence-electron chi connectivity index (χ1n) is 10.0. The van der Waals surface area contributed by atoms with Crippen molar-refractivity contribution in [2.75, 3.05) is 33.3 Å². The zero-order chi connectivity index (χ0) is 20.4. The van der Waals surface area contributed by atoms with Crippen LogP contribution in [0.2, 0.25) is 0 Å². The summed E-state index contributed by atoms with van der Waals surface area (Å²) in [5.41, 5.74) is 3.46. The molecule has 1 fully saturated rings. The maximum Gasteiger partial charge on any atom is 0.255 e. The maximum absolute atomic E-state index is 14.2. The molecule has 1 aromatic rings. The third-order valence-electron chi connectivity index (χ3n) is 5.66. The van der Waals surface area contributed by atoms with Crippen molar-refractivity contribution in [3.05, 3.63) is 71.5 Å². The van der Waals surface area contributed by atoms with Crippen molar-refractivity contribution in [1.29, 1.82) is 0 Å².